The van der Waals surface area contributed by atoms with Crippen molar-refractivity contribution in [3.8, 4) is 11.8 Å². The number of aliphatic hydroxyl groups excluding tert-OH is 1. The van der Waals surface area contributed by atoms with Gasteiger partial charge < -0.3 is 10.0 Å². The van der Waals surface area contributed by atoms with Gasteiger partial charge >= 0.3 is 0 Å². The molecule has 2 rings (SSSR count). The summed E-state index contributed by atoms with van der Waals surface area (Å²) < 4.78 is 0. The summed E-state index contributed by atoms with van der Waals surface area (Å²) in [5, 5.41) is 10.8. The molecule has 1 fully saturated rings. The lowest BCUT2D eigenvalue weighted by molar-refractivity contribution is -0.131. The van der Waals surface area contributed by atoms with Gasteiger partial charge in [-0.2, -0.15) is 0 Å². The average Bonchev–Trinajstić information content (AvgIpc) is 2.83. The molecule has 0 bridgehead atoms. The minimum atomic E-state index is 0.0894. The molecule has 1 aliphatic heterocycles. The fraction of sp³-hybridized carbons (Fsp3) is 0.588. The summed E-state index contributed by atoms with van der Waals surface area (Å²) in [5.74, 6) is 6.30. The number of hydrogen-bond acceptors (Lipinski definition) is 3. The van der Waals surface area contributed by atoms with Crippen LogP contribution in [0.5, 0.6) is 0 Å². The van der Waals surface area contributed by atoms with Crippen molar-refractivity contribution >= 4 is 17.2 Å². The molecule has 21 heavy (non-hydrogen) atoms. The van der Waals surface area contributed by atoms with Crippen LogP contribution in [0.1, 0.15) is 50.0 Å². The highest BCUT2D eigenvalue weighted by Gasteiger charge is 2.27. The molecule has 0 radical (unpaired) electrons. The number of thiophene rings is 1. The Labute approximate surface area is 131 Å². The molecule has 1 N–H and O–H groups in total. The Hall–Kier alpha value is -1.31. The van der Waals surface area contributed by atoms with Crippen molar-refractivity contribution in [1.29, 1.82) is 0 Å². The smallest absolute Gasteiger partial charge is 0.222 e. The minimum Gasteiger partial charge on any atom is -0.395 e. The largest absolute Gasteiger partial charge is 0.395 e. The summed E-state index contributed by atoms with van der Waals surface area (Å²) in [5.41, 5.74) is 1.24. The summed E-state index contributed by atoms with van der Waals surface area (Å²) in [6.45, 7) is 6.05. The summed E-state index contributed by atoms with van der Waals surface area (Å²) in [6, 6.07) is 2.00. The monoisotopic (exact) mass is 305 g/mol. The molecule has 4 heteroatoms. The highest BCUT2D eigenvalue weighted by Crippen LogP contribution is 2.31. The van der Waals surface area contributed by atoms with Crippen LogP contribution in [0.3, 0.4) is 0 Å². The third-order valence-corrected chi connectivity index (χ3v) is 4.87. The van der Waals surface area contributed by atoms with Crippen LogP contribution in [-0.4, -0.2) is 29.1 Å². The first kappa shape index (κ1) is 16.1. The van der Waals surface area contributed by atoms with Crippen LogP contribution < -0.4 is 0 Å². The maximum atomic E-state index is 12.3. The van der Waals surface area contributed by atoms with Crippen molar-refractivity contribution in [2.45, 2.75) is 46.1 Å². The molecule has 3 nitrogen and oxygen atoms in total. The maximum Gasteiger partial charge on any atom is 0.222 e. The van der Waals surface area contributed by atoms with Crippen LogP contribution in [0.25, 0.3) is 0 Å². The van der Waals surface area contributed by atoms with Crippen LogP contribution in [0.4, 0.5) is 0 Å². The molecule has 0 saturated carbocycles. The molecule has 0 aliphatic carbocycles. The van der Waals surface area contributed by atoms with Crippen molar-refractivity contribution < 1.29 is 9.90 Å². The molecule has 1 aliphatic rings. The van der Waals surface area contributed by atoms with E-state index in [1.54, 1.807) is 11.3 Å². The molecule has 0 aromatic carbocycles. The second kappa shape index (κ2) is 7.11. The first-order chi connectivity index (χ1) is 10.0. The van der Waals surface area contributed by atoms with Crippen LogP contribution >= 0.6 is 11.3 Å². The highest BCUT2D eigenvalue weighted by atomic mass is 32.1. The topological polar surface area (TPSA) is 40.5 Å². The van der Waals surface area contributed by atoms with Crippen molar-refractivity contribution in [1.82, 2.24) is 4.90 Å². The van der Waals surface area contributed by atoms with E-state index in [2.05, 4.69) is 25.7 Å². The Morgan fingerprint density at radius 1 is 1.43 bits per heavy atom. The van der Waals surface area contributed by atoms with Gasteiger partial charge in [-0.05, 0) is 29.7 Å². The Bertz CT molecular complexity index is 551. The Morgan fingerprint density at radius 3 is 3.00 bits per heavy atom. The number of amides is 1. The fourth-order valence-corrected chi connectivity index (χ4v) is 3.26. The number of carbonyl (C=O) groups excluding carboxylic acids is 1. The number of rotatable bonds is 3. The lowest BCUT2D eigenvalue weighted by Gasteiger charge is -2.23. The predicted molar refractivity (Wildman–Crippen MR) is 85.9 cm³/mol. The lowest BCUT2D eigenvalue weighted by Crippen LogP contribution is -2.29. The average molecular weight is 305 g/mol. The highest BCUT2D eigenvalue weighted by molar-refractivity contribution is 7.10. The van der Waals surface area contributed by atoms with E-state index in [0.717, 1.165) is 29.8 Å². The summed E-state index contributed by atoms with van der Waals surface area (Å²) in [4.78, 5) is 15.4. The van der Waals surface area contributed by atoms with Crippen molar-refractivity contribution in [3.63, 3.8) is 0 Å². The molecule has 1 aromatic heterocycles. The molecule has 2 heterocycles. The van der Waals surface area contributed by atoms with Crippen molar-refractivity contribution in [2.24, 2.45) is 5.41 Å². The van der Waals surface area contributed by atoms with Gasteiger partial charge in [-0.3, -0.25) is 4.79 Å². The first-order valence-corrected chi connectivity index (χ1v) is 8.34. The second-order valence-corrected chi connectivity index (χ2v) is 7.26. The van der Waals surface area contributed by atoms with E-state index in [-0.39, 0.29) is 17.9 Å². The standard InChI is InChI=1S/C17H23NO2S/c1-17(2)8-6-16(20)18(10-9-17)13-15-14(7-12-21-15)5-3-4-11-19/h7,12,19H,4,6,8-11,13H2,1-2H3. The second-order valence-electron chi connectivity index (χ2n) is 6.26. The van der Waals surface area contributed by atoms with E-state index in [9.17, 15) is 4.79 Å². The number of hydrogen-bond donors (Lipinski definition) is 1. The zero-order valence-electron chi connectivity index (χ0n) is 12.8. The number of nitrogens with zero attached hydrogens (tertiary/aromatic N) is 1. The Kier molecular flexibility index (Phi) is 5.44. The Morgan fingerprint density at radius 2 is 2.24 bits per heavy atom. The van der Waals surface area contributed by atoms with E-state index in [0.29, 0.717) is 19.4 Å². The Balaban J connectivity index is 2.06. The first-order valence-electron chi connectivity index (χ1n) is 7.46. The van der Waals surface area contributed by atoms with Crippen molar-refractivity contribution in [3.05, 3.63) is 21.9 Å². The van der Waals surface area contributed by atoms with E-state index >= 15 is 0 Å². The van der Waals surface area contributed by atoms with Gasteiger partial charge in [0.15, 0.2) is 0 Å². The molecule has 1 amide bonds. The van der Waals surface area contributed by atoms with E-state index in [1.807, 2.05) is 16.3 Å². The normalized spacial score (nSPS) is 18.0. The van der Waals surface area contributed by atoms with Gasteiger partial charge in [-0.15, -0.1) is 11.3 Å². The lowest BCUT2D eigenvalue weighted by atomic mass is 9.85. The SMILES string of the molecule is CC1(C)CCC(=O)N(Cc2sccc2C#CCCO)CC1. The predicted octanol–water partition coefficient (Wildman–Crippen LogP) is 3.02. The van der Waals surface area contributed by atoms with Crippen LogP contribution in [-0.2, 0) is 11.3 Å². The third kappa shape index (κ3) is 4.59. The molecular weight excluding hydrogens is 282 g/mol. The molecule has 1 aromatic rings. The zero-order valence-corrected chi connectivity index (χ0v) is 13.6. The number of aliphatic hydroxyl groups is 1. The van der Waals surface area contributed by atoms with E-state index in [1.165, 1.54) is 0 Å². The van der Waals surface area contributed by atoms with Crippen LogP contribution in [0, 0.1) is 17.3 Å². The number of likely N-dealkylation sites (tertiary alicyclic amines) is 1. The molecule has 114 valence electrons. The maximum absolute atomic E-state index is 12.3. The quantitative estimate of drug-likeness (QED) is 0.872. The minimum absolute atomic E-state index is 0.0894. The van der Waals surface area contributed by atoms with Gasteiger partial charge in [-0.1, -0.05) is 25.7 Å². The fourth-order valence-electron chi connectivity index (χ4n) is 2.42. The zero-order chi connectivity index (χ0) is 15.3. The third-order valence-electron chi connectivity index (χ3n) is 3.97. The van der Waals surface area contributed by atoms with Gasteiger partial charge in [0.1, 0.15) is 0 Å². The van der Waals surface area contributed by atoms with Crippen LogP contribution in [0.2, 0.25) is 0 Å². The summed E-state index contributed by atoms with van der Waals surface area (Å²) in [7, 11) is 0. The molecular formula is C17H23NO2S. The molecule has 1 saturated heterocycles. The van der Waals surface area contributed by atoms with E-state index < -0.39 is 0 Å². The van der Waals surface area contributed by atoms with Crippen molar-refractivity contribution in [2.75, 3.05) is 13.2 Å². The van der Waals surface area contributed by atoms with Gasteiger partial charge in [0.05, 0.1) is 13.2 Å². The van der Waals surface area contributed by atoms with Gasteiger partial charge in [0, 0.05) is 29.8 Å². The van der Waals surface area contributed by atoms with Gasteiger partial charge in [0.2, 0.25) is 5.91 Å². The summed E-state index contributed by atoms with van der Waals surface area (Å²) in [6.07, 6.45) is 3.15. The number of carbonyl (C=O) groups is 1. The molecule has 0 atom stereocenters. The van der Waals surface area contributed by atoms with Crippen LogP contribution in [0.15, 0.2) is 11.4 Å². The van der Waals surface area contributed by atoms with E-state index in [4.69, 9.17) is 5.11 Å². The van der Waals surface area contributed by atoms with Gasteiger partial charge in [-0.25, -0.2) is 0 Å². The van der Waals surface area contributed by atoms with Gasteiger partial charge in [0.25, 0.3) is 0 Å². The molecule has 0 spiro atoms. The molecule has 0 unspecified atom stereocenters. The summed E-state index contributed by atoms with van der Waals surface area (Å²) >= 11 is 1.65.